The van der Waals surface area contributed by atoms with Crippen LogP contribution in [0.2, 0.25) is 0 Å². The highest BCUT2D eigenvalue weighted by molar-refractivity contribution is 4.97. The Hall–Kier alpha value is -0.0400. The first-order valence-corrected chi connectivity index (χ1v) is 8.42. The van der Waals surface area contributed by atoms with E-state index in [9.17, 15) is 0 Å². The lowest BCUT2D eigenvalue weighted by Crippen LogP contribution is -2.46. The van der Waals surface area contributed by atoms with Crippen LogP contribution in [0.4, 0.5) is 0 Å². The van der Waals surface area contributed by atoms with Crippen LogP contribution < -0.4 is 5.73 Å². The molecule has 0 bridgehead atoms. The van der Waals surface area contributed by atoms with Crippen LogP contribution in [-0.2, 0) is 0 Å². The molecule has 0 radical (unpaired) electrons. The Morgan fingerprint density at radius 3 is 2.56 bits per heavy atom. The van der Waals surface area contributed by atoms with Crippen LogP contribution >= 0.6 is 0 Å². The van der Waals surface area contributed by atoms with E-state index in [4.69, 9.17) is 5.73 Å². The largest absolute Gasteiger partial charge is 0.328 e. The standard InChI is InChI=1S/C15H29N.C2H6/c1-3-4-6-12-7-5-8-13-11-14(16)9-10-15(12,13)2;1-2/h12-14H,3-11,16H2,1-2H3;1-2H3. The van der Waals surface area contributed by atoms with Crippen molar-refractivity contribution in [3.63, 3.8) is 0 Å². The zero-order valence-corrected chi connectivity index (χ0v) is 13.2. The molecule has 2 aliphatic carbocycles. The summed E-state index contributed by atoms with van der Waals surface area (Å²) in [6, 6.07) is 0.503. The third-order valence-electron chi connectivity index (χ3n) is 5.52. The van der Waals surface area contributed by atoms with Gasteiger partial charge in [0.25, 0.3) is 0 Å². The molecule has 4 unspecified atom stereocenters. The van der Waals surface area contributed by atoms with E-state index < -0.39 is 0 Å². The smallest absolute Gasteiger partial charge is 0.00418 e. The molecule has 0 heterocycles. The van der Waals surface area contributed by atoms with E-state index in [2.05, 4.69) is 13.8 Å². The minimum atomic E-state index is 0.503. The highest BCUT2D eigenvalue weighted by Gasteiger charge is 2.45. The van der Waals surface area contributed by atoms with Gasteiger partial charge in [-0.3, -0.25) is 0 Å². The van der Waals surface area contributed by atoms with E-state index >= 15 is 0 Å². The lowest BCUT2D eigenvalue weighted by Gasteiger charge is -2.52. The van der Waals surface area contributed by atoms with Gasteiger partial charge in [0.2, 0.25) is 0 Å². The Kier molecular flexibility index (Phi) is 6.70. The van der Waals surface area contributed by atoms with Crippen molar-refractivity contribution in [1.82, 2.24) is 0 Å². The maximum Gasteiger partial charge on any atom is 0.00418 e. The molecule has 108 valence electrons. The van der Waals surface area contributed by atoms with Crippen molar-refractivity contribution in [2.24, 2.45) is 23.0 Å². The van der Waals surface area contributed by atoms with Gasteiger partial charge in [-0.2, -0.15) is 0 Å². The molecule has 0 amide bonds. The van der Waals surface area contributed by atoms with E-state index in [0.717, 1.165) is 11.8 Å². The maximum absolute atomic E-state index is 6.15. The molecule has 0 spiro atoms. The van der Waals surface area contributed by atoms with E-state index in [1.165, 1.54) is 57.8 Å². The summed E-state index contributed by atoms with van der Waals surface area (Å²) in [5.41, 5.74) is 6.79. The SMILES string of the molecule is CC.CCCCC1CCCC2CC(N)CCC12C. The van der Waals surface area contributed by atoms with Crippen molar-refractivity contribution in [2.75, 3.05) is 0 Å². The summed E-state index contributed by atoms with van der Waals surface area (Å²) in [5, 5.41) is 0. The highest BCUT2D eigenvalue weighted by atomic mass is 14.7. The molecule has 2 aliphatic rings. The highest BCUT2D eigenvalue weighted by Crippen LogP contribution is 2.54. The van der Waals surface area contributed by atoms with Crippen LogP contribution in [0.1, 0.15) is 85.5 Å². The monoisotopic (exact) mass is 253 g/mol. The topological polar surface area (TPSA) is 26.0 Å². The van der Waals surface area contributed by atoms with Crippen molar-refractivity contribution in [2.45, 2.75) is 91.5 Å². The molecule has 1 nitrogen and oxygen atoms in total. The van der Waals surface area contributed by atoms with Gasteiger partial charge in [0.05, 0.1) is 0 Å². The first-order valence-electron chi connectivity index (χ1n) is 8.42. The van der Waals surface area contributed by atoms with Crippen LogP contribution in [0, 0.1) is 17.3 Å². The molecule has 0 saturated heterocycles. The second kappa shape index (κ2) is 7.53. The molecule has 0 aliphatic heterocycles. The molecule has 2 fully saturated rings. The minimum absolute atomic E-state index is 0.503. The summed E-state index contributed by atoms with van der Waals surface area (Å²) in [4.78, 5) is 0. The van der Waals surface area contributed by atoms with E-state index in [0.29, 0.717) is 11.5 Å². The van der Waals surface area contributed by atoms with Crippen LogP contribution in [0.25, 0.3) is 0 Å². The summed E-state index contributed by atoms with van der Waals surface area (Å²) >= 11 is 0. The molecule has 0 aromatic carbocycles. The second-order valence-corrected chi connectivity index (χ2v) is 6.51. The molecule has 2 saturated carbocycles. The fourth-order valence-corrected chi connectivity index (χ4v) is 4.30. The summed E-state index contributed by atoms with van der Waals surface area (Å²) in [5.74, 6) is 1.94. The van der Waals surface area contributed by atoms with Gasteiger partial charge >= 0.3 is 0 Å². The van der Waals surface area contributed by atoms with Gasteiger partial charge in [-0.15, -0.1) is 0 Å². The summed E-state index contributed by atoms with van der Waals surface area (Å²) < 4.78 is 0. The minimum Gasteiger partial charge on any atom is -0.328 e. The molecule has 0 aromatic heterocycles. The van der Waals surface area contributed by atoms with Gasteiger partial charge < -0.3 is 5.73 Å². The molecule has 18 heavy (non-hydrogen) atoms. The van der Waals surface area contributed by atoms with Crippen LogP contribution in [0.5, 0.6) is 0 Å². The van der Waals surface area contributed by atoms with Crippen molar-refractivity contribution in [1.29, 1.82) is 0 Å². The zero-order chi connectivity index (χ0) is 13.6. The lowest BCUT2D eigenvalue weighted by molar-refractivity contribution is -0.00941. The van der Waals surface area contributed by atoms with Gasteiger partial charge in [-0.05, 0) is 55.8 Å². The number of hydrogen-bond acceptors (Lipinski definition) is 1. The van der Waals surface area contributed by atoms with E-state index in [-0.39, 0.29) is 0 Å². The van der Waals surface area contributed by atoms with Gasteiger partial charge in [0.1, 0.15) is 0 Å². The predicted octanol–water partition coefficient (Wildman–Crippen LogP) is 5.14. The van der Waals surface area contributed by atoms with Gasteiger partial charge in [0, 0.05) is 6.04 Å². The predicted molar refractivity (Wildman–Crippen MR) is 81.6 cm³/mol. The number of hydrogen-bond donors (Lipinski definition) is 1. The fraction of sp³-hybridized carbons (Fsp3) is 1.00. The Morgan fingerprint density at radius 2 is 1.89 bits per heavy atom. The molecule has 4 atom stereocenters. The van der Waals surface area contributed by atoms with Gasteiger partial charge in [-0.25, -0.2) is 0 Å². The second-order valence-electron chi connectivity index (χ2n) is 6.51. The number of fused-ring (bicyclic) bond motifs is 1. The van der Waals surface area contributed by atoms with Crippen LogP contribution in [-0.4, -0.2) is 6.04 Å². The summed E-state index contributed by atoms with van der Waals surface area (Å²) in [6.07, 6.45) is 12.6. The molecule has 2 N–H and O–H groups in total. The van der Waals surface area contributed by atoms with Crippen molar-refractivity contribution >= 4 is 0 Å². The van der Waals surface area contributed by atoms with Gasteiger partial charge in [-0.1, -0.05) is 47.0 Å². The zero-order valence-electron chi connectivity index (χ0n) is 13.2. The molecular weight excluding hydrogens is 218 g/mol. The van der Waals surface area contributed by atoms with Crippen molar-refractivity contribution in [3.05, 3.63) is 0 Å². The number of unbranched alkanes of at least 4 members (excludes halogenated alkanes) is 1. The van der Waals surface area contributed by atoms with E-state index in [1.807, 2.05) is 13.8 Å². The maximum atomic E-state index is 6.15. The quantitative estimate of drug-likeness (QED) is 0.740. The summed E-state index contributed by atoms with van der Waals surface area (Å²) in [7, 11) is 0. The molecule has 0 aromatic rings. The Bertz CT molecular complexity index is 226. The number of nitrogens with two attached hydrogens (primary N) is 1. The normalized spacial score (nSPS) is 39.5. The average Bonchev–Trinajstić information content (AvgIpc) is 2.40. The van der Waals surface area contributed by atoms with Crippen LogP contribution in [0.3, 0.4) is 0 Å². The van der Waals surface area contributed by atoms with Crippen LogP contribution in [0.15, 0.2) is 0 Å². The fourth-order valence-electron chi connectivity index (χ4n) is 4.30. The molecule has 2 rings (SSSR count). The number of rotatable bonds is 3. The lowest BCUT2D eigenvalue weighted by atomic mass is 9.54. The average molecular weight is 253 g/mol. The third-order valence-corrected chi connectivity index (χ3v) is 5.52. The van der Waals surface area contributed by atoms with Crippen molar-refractivity contribution in [3.8, 4) is 0 Å². The Morgan fingerprint density at radius 1 is 1.17 bits per heavy atom. The Balaban J connectivity index is 0.000000771. The third kappa shape index (κ3) is 3.50. The first-order chi connectivity index (χ1) is 8.66. The first kappa shape index (κ1) is 16.0. The Labute approximate surface area is 115 Å². The summed E-state index contributed by atoms with van der Waals surface area (Å²) in [6.45, 7) is 8.89. The van der Waals surface area contributed by atoms with Gasteiger partial charge in [0.15, 0.2) is 0 Å². The molecular formula is C17H35N. The molecule has 1 heteroatoms. The van der Waals surface area contributed by atoms with E-state index in [1.54, 1.807) is 0 Å². The van der Waals surface area contributed by atoms with Crippen molar-refractivity contribution < 1.29 is 0 Å².